The SMILES string of the molecule is CN=C(Nc1cccc(F)c1)S[C@H]1CC(=O)N(c2ccc(Br)cc2)C1=O. The molecule has 26 heavy (non-hydrogen) atoms. The highest BCUT2D eigenvalue weighted by Crippen LogP contribution is 2.31. The van der Waals surface area contributed by atoms with Gasteiger partial charge in [-0.15, -0.1) is 0 Å². The Balaban J connectivity index is 1.72. The van der Waals surface area contributed by atoms with Gasteiger partial charge in [-0.05, 0) is 42.5 Å². The molecule has 1 atom stereocenters. The largest absolute Gasteiger partial charge is 0.335 e. The zero-order valence-corrected chi connectivity index (χ0v) is 16.2. The fraction of sp³-hybridized carbons (Fsp3) is 0.167. The van der Waals surface area contributed by atoms with Gasteiger partial charge < -0.3 is 5.32 Å². The van der Waals surface area contributed by atoms with E-state index in [9.17, 15) is 14.0 Å². The zero-order chi connectivity index (χ0) is 18.7. The highest BCUT2D eigenvalue weighted by Gasteiger charge is 2.40. The molecule has 1 aliphatic rings. The number of carbonyl (C=O) groups is 2. The van der Waals surface area contributed by atoms with E-state index in [2.05, 4.69) is 26.2 Å². The van der Waals surface area contributed by atoms with Crippen LogP contribution < -0.4 is 10.2 Å². The van der Waals surface area contributed by atoms with Crippen LogP contribution >= 0.6 is 27.7 Å². The van der Waals surface area contributed by atoms with E-state index >= 15 is 0 Å². The van der Waals surface area contributed by atoms with Crippen molar-refractivity contribution < 1.29 is 14.0 Å². The third-order valence-electron chi connectivity index (χ3n) is 3.72. The lowest BCUT2D eigenvalue weighted by molar-refractivity contribution is -0.121. The molecule has 8 heteroatoms. The summed E-state index contributed by atoms with van der Waals surface area (Å²) in [6.07, 6.45) is 0.0867. The van der Waals surface area contributed by atoms with E-state index in [0.717, 1.165) is 16.2 Å². The molecule has 1 saturated heterocycles. The number of aliphatic imine (C=N–C) groups is 1. The minimum absolute atomic E-state index is 0.0867. The Morgan fingerprint density at radius 1 is 1.27 bits per heavy atom. The first-order valence-corrected chi connectivity index (χ1v) is 9.43. The molecular formula is C18H15BrFN3O2S. The highest BCUT2D eigenvalue weighted by molar-refractivity contribution is 9.10. The summed E-state index contributed by atoms with van der Waals surface area (Å²) in [6, 6.07) is 12.9. The van der Waals surface area contributed by atoms with Gasteiger partial charge in [-0.1, -0.05) is 33.8 Å². The second-order valence-corrected chi connectivity index (χ2v) is 7.63. The van der Waals surface area contributed by atoms with Gasteiger partial charge in [0.1, 0.15) is 11.1 Å². The van der Waals surface area contributed by atoms with Crippen molar-refractivity contribution >= 4 is 56.0 Å². The highest BCUT2D eigenvalue weighted by atomic mass is 79.9. The molecule has 0 unspecified atom stereocenters. The van der Waals surface area contributed by atoms with Crippen molar-refractivity contribution in [2.45, 2.75) is 11.7 Å². The van der Waals surface area contributed by atoms with Crippen LogP contribution in [0.15, 0.2) is 58.0 Å². The number of thioether (sulfide) groups is 1. The fourth-order valence-electron chi connectivity index (χ4n) is 2.52. The first kappa shape index (κ1) is 18.6. The van der Waals surface area contributed by atoms with Crippen LogP contribution in [0, 0.1) is 5.82 Å². The molecule has 2 aromatic rings. The van der Waals surface area contributed by atoms with Gasteiger partial charge in [0, 0.05) is 23.6 Å². The molecule has 0 saturated carbocycles. The minimum atomic E-state index is -0.578. The van der Waals surface area contributed by atoms with Crippen molar-refractivity contribution in [3.8, 4) is 0 Å². The summed E-state index contributed by atoms with van der Waals surface area (Å²) in [5.74, 6) is -0.912. The van der Waals surface area contributed by atoms with Gasteiger partial charge in [-0.2, -0.15) is 0 Å². The van der Waals surface area contributed by atoms with Crippen molar-refractivity contribution in [2.75, 3.05) is 17.3 Å². The number of nitrogens with one attached hydrogen (secondary N) is 1. The molecular weight excluding hydrogens is 421 g/mol. The average molecular weight is 436 g/mol. The van der Waals surface area contributed by atoms with Crippen molar-refractivity contribution in [3.05, 3.63) is 58.8 Å². The fourth-order valence-corrected chi connectivity index (χ4v) is 3.77. The number of hydrogen-bond donors (Lipinski definition) is 1. The Morgan fingerprint density at radius 3 is 2.65 bits per heavy atom. The van der Waals surface area contributed by atoms with E-state index in [1.165, 1.54) is 17.0 Å². The van der Waals surface area contributed by atoms with Crippen LogP contribution in [0.5, 0.6) is 0 Å². The molecule has 134 valence electrons. The lowest BCUT2D eigenvalue weighted by Gasteiger charge is -2.15. The maximum atomic E-state index is 13.3. The molecule has 5 nitrogen and oxygen atoms in total. The lowest BCUT2D eigenvalue weighted by Crippen LogP contribution is -2.31. The maximum absolute atomic E-state index is 13.3. The Hall–Kier alpha value is -2.19. The molecule has 3 rings (SSSR count). The first-order valence-electron chi connectivity index (χ1n) is 7.76. The van der Waals surface area contributed by atoms with Crippen LogP contribution in [0.3, 0.4) is 0 Å². The average Bonchev–Trinajstić information content (AvgIpc) is 2.89. The number of amidine groups is 1. The number of benzene rings is 2. The summed E-state index contributed by atoms with van der Waals surface area (Å²) in [5, 5.41) is 2.84. The standard InChI is InChI=1S/C18H15BrFN3O2S/c1-21-18(22-13-4-2-3-12(20)9-13)26-15-10-16(24)23(17(15)25)14-7-5-11(19)6-8-14/h2-9,15H,10H2,1H3,(H,21,22)/t15-/m0/s1. The first-order chi connectivity index (χ1) is 12.5. The third-order valence-corrected chi connectivity index (χ3v) is 5.41. The summed E-state index contributed by atoms with van der Waals surface area (Å²) in [5.41, 5.74) is 1.07. The topological polar surface area (TPSA) is 61.8 Å². The number of anilines is 2. The smallest absolute Gasteiger partial charge is 0.247 e. The predicted octanol–water partition coefficient (Wildman–Crippen LogP) is 4.05. The molecule has 2 amide bonds. The van der Waals surface area contributed by atoms with Gasteiger partial charge in [-0.3, -0.25) is 14.6 Å². The summed E-state index contributed by atoms with van der Waals surface area (Å²) in [7, 11) is 1.57. The number of rotatable bonds is 3. The molecule has 0 aromatic heterocycles. The summed E-state index contributed by atoms with van der Waals surface area (Å²) >= 11 is 4.49. The van der Waals surface area contributed by atoms with E-state index in [4.69, 9.17) is 0 Å². The summed E-state index contributed by atoms with van der Waals surface area (Å²) < 4.78 is 14.2. The van der Waals surface area contributed by atoms with Gasteiger partial charge in [0.05, 0.1) is 5.69 Å². The van der Waals surface area contributed by atoms with Crippen LogP contribution in [-0.2, 0) is 9.59 Å². The summed E-state index contributed by atoms with van der Waals surface area (Å²) in [4.78, 5) is 30.3. The van der Waals surface area contributed by atoms with Crippen LogP contribution in [0.4, 0.5) is 15.8 Å². The Bertz CT molecular complexity index is 873. The van der Waals surface area contributed by atoms with Gasteiger partial charge in [0.2, 0.25) is 11.8 Å². The summed E-state index contributed by atoms with van der Waals surface area (Å²) in [6.45, 7) is 0. The van der Waals surface area contributed by atoms with Crippen molar-refractivity contribution in [1.82, 2.24) is 0 Å². The molecule has 1 heterocycles. The Morgan fingerprint density at radius 2 is 2.00 bits per heavy atom. The number of imide groups is 1. The Labute approximate surface area is 162 Å². The molecule has 2 aromatic carbocycles. The number of carbonyl (C=O) groups excluding carboxylic acids is 2. The molecule has 1 N–H and O–H groups in total. The third kappa shape index (κ3) is 4.13. The minimum Gasteiger partial charge on any atom is -0.335 e. The molecule has 0 aliphatic carbocycles. The van der Waals surface area contributed by atoms with Crippen molar-refractivity contribution in [3.63, 3.8) is 0 Å². The Kier molecular flexibility index (Phi) is 5.73. The number of hydrogen-bond acceptors (Lipinski definition) is 4. The maximum Gasteiger partial charge on any atom is 0.247 e. The normalized spacial score (nSPS) is 17.7. The van der Waals surface area contributed by atoms with Crippen LogP contribution in [0.1, 0.15) is 6.42 Å². The monoisotopic (exact) mass is 435 g/mol. The molecule has 0 bridgehead atoms. The molecule has 0 spiro atoms. The van der Waals surface area contributed by atoms with Crippen LogP contribution in [-0.4, -0.2) is 29.3 Å². The number of nitrogens with zero attached hydrogens (tertiary/aromatic N) is 2. The quantitative estimate of drug-likeness (QED) is 0.448. The van der Waals surface area contributed by atoms with Crippen LogP contribution in [0.25, 0.3) is 0 Å². The lowest BCUT2D eigenvalue weighted by atomic mass is 10.3. The van der Waals surface area contributed by atoms with Crippen LogP contribution in [0.2, 0.25) is 0 Å². The number of halogens is 2. The van der Waals surface area contributed by atoms with E-state index in [1.54, 1.807) is 43.4 Å². The second-order valence-electron chi connectivity index (χ2n) is 5.52. The van der Waals surface area contributed by atoms with Gasteiger partial charge in [0.15, 0.2) is 5.17 Å². The van der Waals surface area contributed by atoms with E-state index < -0.39 is 5.25 Å². The number of amides is 2. The van der Waals surface area contributed by atoms with E-state index in [-0.39, 0.29) is 24.1 Å². The zero-order valence-electron chi connectivity index (χ0n) is 13.8. The van der Waals surface area contributed by atoms with Gasteiger partial charge >= 0.3 is 0 Å². The molecule has 1 aliphatic heterocycles. The van der Waals surface area contributed by atoms with Crippen molar-refractivity contribution in [1.29, 1.82) is 0 Å². The van der Waals surface area contributed by atoms with E-state index in [1.807, 2.05) is 0 Å². The van der Waals surface area contributed by atoms with Crippen molar-refractivity contribution in [2.24, 2.45) is 4.99 Å². The second kappa shape index (κ2) is 8.01. The molecule has 0 radical (unpaired) electrons. The predicted molar refractivity (Wildman–Crippen MR) is 106 cm³/mol. The van der Waals surface area contributed by atoms with Gasteiger partial charge in [0.25, 0.3) is 0 Å². The van der Waals surface area contributed by atoms with E-state index in [0.29, 0.717) is 16.5 Å². The molecule has 1 fully saturated rings. The van der Waals surface area contributed by atoms with Gasteiger partial charge in [-0.25, -0.2) is 9.29 Å².